The number of carbonyl (C=O) groups excluding carboxylic acids is 1. The van der Waals surface area contributed by atoms with E-state index < -0.39 is 0 Å². The molecule has 3 heterocycles. The number of nitrogens with zero attached hydrogens (tertiary/aromatic N) is 4. The number of aromatic nitrogens is 2. The molecule has 1 fully saturated rings. The van der Waals surface area contributed by atoms with Crippen molar-refractivity contribution >= 4 is 5.91 Å². The number of fused-ring (bicyclic) bond motifs is 1. The molecule has 1 unspecified atom stereocenters. The maximum absolute atomic E-state index is 13.0. The number of furan rings is 1. The number of hydrogen-bond acceptors (Lipinski definition) is 4. The maximum Gasteiger partial charge on any atom is 0.274 e. The van der Waals surface area contributed by atoms with Gasteiger partial charge in [0.15, 0.2) is 5.69 Å². The zero-order valence-corrected chi connectivity index (χ0v) is 15.8. The van der Waals surface area contributed by atoms with Crippen molar-refractivity contribution in [1.29, 1.82) is 0 Å². The molecule has 1 amide bonds. The molecule has 6 nitrogen and oxygen atoms in total. The van der Waals surface area contributed by atoms with Crippen molar-refractivity contribution in [3.63, 3.8) is 0 Å². The molecular weight excluding hydrogens is 328 g/mol. The largest absolute Gasteiger partial charge is 0.468 e. The van der Waals surface area contributed by atoms with Gasteiger partial charge in [-0.1, -0.05) is 0 Å². The first-order valence-electron chi connectivity index (χ1n) is 9.70. The maximum atomic E-state index is 13.0. The van der Waals surface area contributed by atoms with Crippen LogP contribution in [0.15, 0.2) is 22.8 Å². The van der Waals surface area contributed by atoms with Gasteiger partial charge in [-0.05, 0) is 57.7 Å². The van der Waals surface area contributed by atoms with E-state index in [4.69, 9.17) is 4.42 Å². The lowest BCUT2D eigenvalue weighted by Gasteiger charge is -2.31. The standard InChI is InChI=1S/C20H28N4O2/c1-22(14-16-7-6-12-26-16)15-8-9-18-17(13-15)19(21-23(18)2)20(25)24-10-4-3-5-11-24/h6-7,12,15H,3-5,8-11,13-14H2,1-2H3. The Morgan fingerprint density at radius 1 is 1.35 bits per heavy atom. The van der Waals surface area contributed by atoms with Crippen LogP contribution in [0.25, 0.3) is 0 Å². The van der Waals surface area contributed by atoms with Crippen LogP contribution in [0.5, 0.6) is 0 Å². The van der Waals surface area contributed by atoms with Gasteiger partial charge in [0.05, 0.1) is 12.8 Å². The predicted octanol–water partition coefficient (Wildman–Crippen LogP) is 2.63. The molecule has 2 aliphatic rings. The molecule has 1 saturated heterocycles. The fourth-order valence-corrected chi connectivity index (χ4v) is 4.34. The summed E-state index contributed by atoms with van der Waals surface area (Å²) in [5, 5.41) is 4.63. The Morgan fingerprint density at radius 2 is 2.15 bits per heavy atom. The molecule has 6 heteroatoms. The van der Waals surface area contributed by atoms with E-state index >= 15 is 0 Å². The molecule has 0 radical (unpaired) electrons. The Bertz CT molecular complexity index is 759. The molecule has 0 N–H and O–H groups in total. The SMILES string of the molecule is CN(Cc1ccco1)C1CCc2c(c(C(=O)N3CCCCC3)nn2C)C1. The van der Waals surface area contributed by atoms with E-state index in [2.05, 4.69) is 17.0 Å². The molecule has 1 atom stereocenters. The Kier molecular flexibility index (Phi) is 4.85. The van der Waals surface area contributed by atoms with Gasteiger partial charge in [-0.15, -0.1) is 0 Å². The van der Waals surface area contributed by atoms with Crippen molar-refractivity contribution in [2.45, 2.75) is 51.1 Å². The van der Waals surface area contributed by atoms with Crippen molar-refractivity contribution in [1.82, 2.24) is 19.6 Å². The van der Waals surface area contributed by atoms with Crippen LogP contribution in [0.1, 0.15) is 53.2 Å². The van der Waals surface area contributed by atoms with E-state index in [0.29, 0.717) is 11.7 Å². The zero-order valence-electron chi connectivity index (χ0n) is 15.8. The summed E-state index contributed by atoms with van der Waals surface area (Å²) in [6.07, 6.45) is 8.10. The monoisotopic (exact) mass is 356 g/mol. The normalized spacial score (nSPS) is 20.4. The van der Waals surface area contributed by atoms with Crippen LogP contribution in [0.4, 0.5) is 0 Å². The van der Waals surface area contributed by atoms with Crippen LogP contribution in [0, 0.1) is 0 Å². The minimum absolute atomic E-state index is 0.121. The van der Waals surface area contributed by atoms with Crippen molar-refractivity contribution in [3.8, 4) is 0 Å². The second kappa shape index (κ2) is 7.27. The lowest BCUT2D eigenvalue weighted by atomic mass is 9.90. The average Bonchev–Trinajstić information content (AvgIpc) is 3.29. The van der Waals surface area contributed by atoms with E-state index in [1.54, 1.807) is 6.26 Å². The number of likely N-dealkylation sites (tertiary alicyclic amines) is 1. The van der Waals surface area contributed by atoms with Gasteiger partial charge in [-0.25, -0.2) is 0 Å². The molecule has 0 spiro atoms. The number of piperidine rings is 1. The predicted molar refractivity (Wildman–Crippen MR) is 99.0 cm³/mol. The van der Waals surface area contributed by atoms with Crippen LogP contribution in [0.3, 0.4) is 0 Å². The molecule has 2 aromatic heterocycles. The topological polar surface area (TPSA) is 54.5 Å². The van der Waals surface area contributed by atoms with E-state index in [1.807, 2.05) is 28.8 Å². The summed E-state index contributed by atoms with van der Waals surface area (Å²) in [6.45, 7) is 2.53. The van der Waals surface area contributed by atoms with Crippen molar-refractivity contribution < 1.29 is 9.21 Å². The van der Waals surface area contributed by atoms with Gasteiger partial charge in [0.2, 0.25) is 0 Å². The smallest absolute Gasteiger partial charge is 0.274 e. The van der Waals surface area contributed by atoms with Crippen molar-refractivity contribution in [3.05, 3.63) is 41.1 Å². The van der Waals surface area contributed by atoms with Crippen LogP contribution < -0.4 is 0 Å². The Hall–Kier alpha value is -2.08. The summed E-state index contributed by atoms with van der Waals surface area (Å²) in [6, 6.07) is 4.35. The fraction of sp³-hybridized carbons (Fsp3) is 0.600. The molecule has 1 aliphatic carbocycles. The number of amides is 1. The minimum Gasteiger partial charge on any atom is -0.468 e. The third-order valence-corrected chi connectivity index (χ3v) is 5.88. The number of rotatable bonds is 4. The molecular formula is C20H28N4O2. The first kappa shape index (κ1) is 17.3. The second-order valence-corrected chi connectivity index (χ2v) is 7.64. The van der Waals surface area contributed by atoms with Crippen LogP contribution in [0.2, 0.25) is 0 Å². The summed E-state index contributed by atoms with van der Waals surface area (Å²) >= 11 is 0. The van der Waals surface area contributed by atoms with Crippen molar-refractivity contribution in [2.75, 3.05) is 20.1 Å². The van der Waals surface area contributed by atoms with Crippen LogP contribution in [-0.4, -0.2) is 51.7 Å². The molecule has 0 aromatic carbocycles. The Morgan fingerprint density at radius 3 is 2.88 bits per heavy atom. The highest BCUT2D eigenvalue weighted by molar-refractivity contribution is 5.94. The molecule has 0 saturated carbocycles. The van der Waals surface area contributed by atoms with Gasteiger partial charge >= 0.3 is 0 Å². The van der Waals surface area contributed by atoms with E-state index in [0.717, 1.165) is 63.1 Å². The van der Waals surface area contributed by atoms with Gasteiger partial charge in [0.1, 0.15) is 5.76 Å². The lowest BCUT2D eigenvalue weighted by Crippen LogP contribution is -2.38. The third kappa shape index (κ3) is 3.30. The Balaban J connectivity index is 1.52. The Labute approximate surface area is 154 Å². The first-order chi connectivity index (χ1) is 12.6. The first-order valence-corrected chi connectivity index (χ1v) is 9.70. The van der Waals surface area contributed by atoms with E-state index in [-0.39, 0.29) is 5.91 Å². The number of likely N-dealkylation sites (N-methyl/N-ethyl adjacent to an activating group) is 1. The highest BCUT2D eigenvalue weighted by atomic mass is 16.3. The second-order valence-electron chi connectivity index (χ2n) is 7.64. The quantitative estimate of drug-likeness (QED) is 0.845. The molecule has 1 aliphatic heterocycles. The average molecular weight is 356 g/mol. The van der Waals surface area contributed by atoms with Gasteiger partial charge in [-0.3, -0.25) is 14.4 Å². The van der Waals surface area contributed by atoms with Crippen LogP contribution in [-0.2, 0) is 26.4 Å². The summed E-state index contributed by atoms with van der Waals surface area (Å²) in [7, 11) is 4.11. The van der Waals surface area contributed by atoms with E-state index in [9.17, 15) is 4.79 Å². The third-order valence-electron chi connectivity index (χ3n) is 5.88. The minimum atomic E-state index is 0.121. The summed E-state index contributed by atoms with van der Waals surface area (Å²) < 4.78 is 7.42. The number of carbonyl (C=O) groups is 1. The molecule has 4 rings (SSSR count). The molecule has 2 aromatic rings. The molecule has 140 valence electrons. The van der Waals surface area contributed by atoms with Gasteiger partial charge in [0, 0.05) is 37.4 Å². The highest BCUT2D eigenvalue weighted by Crippen LogP contribution is 2.28. The molecule has 26 heavy (non-hydrogen) atoms. The highest BCUT2D eigenvalue weighted by Gasteiger charge is 2.32. The number of aryl methyl sites for hydroxylation is 1. The van der Waals surface area contributed by atoms with E-state index in [1.165, 1.54) is 12.1 Å². The summed E-state index contributed by atoms with van der Waals surface area (Å²) in [5.41, 5.74) is 3.07. The fourth-order valence-electron chi connectivity index (χ4n) is 4.34. The number of hydrogen-bond donors (Lipinski definition) is 0. The van der Waals surface area contributed by atoms with Gasteiger partial charge in [0.25, 0.3) is 5.91 Å². The van der Waals surface area contributed by atoms with Crippen LogP contribution >= 0.6 is 0 Å². The zero-order chi connectivity index (χ0) is 18.1. The lowest BCUT2D eigenvalue weighted by molar-refractivity contribution is 0.0715. The van der Waals surface area contributed by atoms with Crippen molar-refractivity contribution in [2.24, 2.45) is 7.05 Å². The van der Waals surface area contributed by atoms with Gasteiger partial charge < -0.3 is 9.32 Å². The molecule has 0 bridgehead atoms. The summed E-state index contributed by atoms with van der Waals surface area (Å²) in [5.74, 6) is 1.10. The summed E-state index contributed by atoms with van der Waals surface area (Å²) in [4.78, 5) is 17.4. The van der Waals surface area contributed by atoms with Gasteiger partial charge in [-0.2, -0.15) is 5.10 Å².